The van der Waals surface area contributed by atoms with Crippen molar-refractivity contribution in [3.8, 4) is 5.75 Å². The predicted molar refractivity (Wildman–Crippen MR) is 77.3 cm³/mol. The number of hydrogen-bond acceptors (Lipinski definition) is 3. The highest BCUT2D eigenvalue weighted by atomic mass is 35.5. The molecular formula is C14H11Cl2NO2. The zero-order chi connectivity index (χ0) is 14.0. The smallest absolute Gasteiger partial charge is 0.198 e. The fraction of sp³-hybridized carbons (Fsp3) is 0.0714. The van der Waals surface area contributed by atoms with Gasteiger partial charge < -0.3 is 10.5 Å². The Morgan fingerprint density at radius 3 is 2.53 bits per heavy atom. The van der Waals surface area contributed by atoms with Crippen LogP contribution in [0.5, 0.6) is 5.75 Å². The molecule has 0 aromatic heterocycles. The number of carbonyl (C=O) groups excluding carboxylic acids is 1. The molecule has 0 saturated heterocycles. The van der Waals surface area contributed by atoms with E-state index in [2.05, 4.69) is 0 Å². The van der Waals surface area contributed by atoms with E-state index in [1.807, 2.05) is 0 Å². The van der Waals surface area contributed by atoms with Gasteiger partial charge in [-0.2, -0.15) is 0 Å². The highest BCUT2D eigenvalue weighted by Gasteiger charge is 2.18. The molecule has 0 saturated carbocycles. The molecule has 0 aliphatic rings. The second kappa shape index (κ2) is 5.51. The third-order valence-corrected chi connectivity index (χ3v) is 3.22. The normalized spacial score (nSPS) is 10.3. The van der Waals surface area contributed by atoms with E-state index in [0.717, 1.165) is 0 Å². The first-order valence-electron chi connectivity index (χ1n) is 5.47. The van der Waals surface area contributed by atoms with Crippen LogP contribution in [-0.4, -0.2) is 12.9 Å². The summed E-state index contributed by atoms with van der Waals surface area (Å²) in [6.07, 6.45) is 0. The SMILES string of the molecule is COc1c(N)cccc1C(=O)c1ccc(Cl)cc1Cl. The Balaban J connectivity index is 2.53. The third kappa shape index (κ3) is 2.67. The van der Waals surface area contributed by atoms with Crippen LogP contribution < -0.4 is 10.5 Å². The lowest BCUT2D eigenvalue weighted by Gasteiger charge is -2.11. The number of ether oxygens (including phenoxy) is 1. The van der Waals surface area contributed by atoms with E-state index < -0.39 is 0 Å². The van der Waals surface area contributed by atoms with Crippen LogP contribution in [0.2, 0.25) is 10.0 Å². The number of para-hydroxylation sites is 1. The lowest BCUT2D eigenvalue weighted by Crippen LogP contribution is -2.06. The Morgan fingerprint density at radius 2 is 1.89 bits per heavy atom. The molecule has 0 radical (unpaired) electrons. The van der Waals surface area contributed by atoms with Crippen molar-refractivity contribution >= 4 is 34.7 Å². The summed E-state index contributed by atoms with van der Waals surface area (Å²) < 4.78 is 5.17. The zero-order valence-corrected chi connectivity index (χ0v) is 11.6. The van der Waals surface area contributed by atoms with Crippen molar-refractivity contribution < 1.29 is 9.53 Å². The standard InChI is InChI=1S/C14H11Cl2NO2/c1-19-14-10(3-2-4-12(14)17)13(18)9-6-5-8(15)7-11(9)16/h2-7H,17H2,1H3. The zero-order valence-electron chi connectivity index (χ0n) is 10.1. The van der Waals surface area contributed by atoms with Crippen LogP contribution in [0.4, 0.5) is 5.69 Å². The minimum Gasteiger partial charge on any atom is -0.494 e. The molecule has 0 aliphatic heterocycles. The van der Waals surface area contributed by atoms with Gasteiger partial charge in [-0.1, -0.05) is 29.3 Å². The second-order valence-corrected chi connectivity index (χ2v) is 4.72. The van der Waals surface area contributed by atoms with Gasteiger partial charge in [-0.05, 0) is 30.3 Å². The summed E-state index contributed by atoms with van der Waals surface area (Å²) >= 11 is 11.8. The number of carbonyl (C=O) groups is 1. The number of anilines is 1. The number of ketones is 1. The molecule has 0 bridgehead atoms. The van der Waals surface area contributed by atoms with E-state index in [4.69, 9.17) is 33.7 Å². The van der Waals surface area contributed by atoms with Gasteiger partial charge in [-0.3, -0.25) is 4.79 Å². The Morgan fingerprint density at radius 1 is 1.16 bits per heavy atom. The van der Waals surface area contributed by atoms with E-state index in [0.29, 0.717) is 32.6 Å². The van der Waals surface area contributed by atoms with Gasteiger partial charge >= 0.3 is 0 Å². The van der Waals surface area contributed by atoms with Gasteiger partial charge in [0.25, 0.3) is 0 Å². The molecule has 0 aliphatic carbocycles. The van der Waals surface area contributed by atoms with Crippen molar-refractivity contribution in [3.05, 3.63) is 57.6 Å². The summed E-state index contributed by atoms with van der Waals surface area (Å²) in [5.41, 5.74) is 6.90. The van der Waals surface area contributed by atoms with Crippen LogP contribution in [0.25, 0.3) is 0 Å². The van der Waals surface area contributed by atoms with E-state index in [-0.39, 0.29) is 5.78 Å². The molecule has 0 fully saturated rings. The maximum Gasteiger partial charge on any atom is 0.198 e. The first kappa shape index (κ1) is 13.7. The predicted octanol–water partition coefficient (Wildman–Crippen LogP) is 3.82. The van der Waals surface area contributed by atoms with Crippen LogP contribution in [0.15, 0.2) is 36.4 Å². The number of halogens is 2. The number of rotatable bonds is 3. The molecule has 3 nitrogen and oxygen atoms in total. The molecule has 0 atom stereocenters. The molecule has 2 aromatic rings. The Hall–Kier alpha value is -1.71. The summed E-state index contributed by atoms with van der Waals surface area (Å²) in [6.45, 7) is 0. The Kier molecular flexibility index (Phi) is 3.98. The molecule has 98 valence electrons. The van der Waals surface area contributed by atoms with Crippen molar-refractivity contribution in [2.45, 2.75) is 0 Å². The van der Waals surface area contributed by atoms with E-state index in [9.17, 15) is 4.79 Å². The van der Waals surface area contributed by atoms with E-state index in [1.165, 1.54) is 13.2 Å². The summed E-state index contributed by atoms with van der Waals surface area (Å²) in [6, 6.07) is 9.71. The highest BCUT2D eigenvalue weighted by molar-refractivity contribution is 6.37. The number of benzene rings is 2. The molecule has 0 amide bonds. The molecule has 2 aromatic carbocycles. The molecule has 0 heterocycles. The molecule has 0 unspecified atom stereocenters. The van der Waals surface area contributed by atoms with Crippen LogP contribution in [-0.2, 0) is 0 Å². The summed E-state index contributed by atoms with van der Waals surface area (Å²) in [5, 5.41) is 0.767. The van der Waals surface area contributed by atoms with Gasteiger partial charge in [-0.25, -0.2) is 0 Å². The number of nitrogens with two attached hydrogens (primary N) is 1. The monoisotopic (exact) mass is 295 g/mol. The van der Waals surface area contributed by atoms with Crippen LogP contribution >= 0.6 is 23.2 Å². The lowest BCUT2D eigenvalue weighted by atomic mass is 10.0. The Labute approximate surface area is 120 Å². The van der Waals surface area contributed by atoms with Gasteiger partial charge in [-0.15, -0.1) is 0 Å². The Bertz CT molecular complexity index is 641. The minimum atomic E-state index is -0.259. The average Bonchev–Trinajstić information content (AvgIpc) is 2.37. The number of methoxy groups -OCH3 is 1. The fourth-order valence-corrected chi connectivity index (χ4v) is 2.27. The van der Waals surface area contributed by atoms with E-state index >= 15 is 0 Å². The molecule has 2 rings (SSSR count). The number of hydrogen-bond donors (Lipinski definition) is 1. The van der Waals surface area contributed by atoms with Crippen molar-refractivity contribution in [2.75, 3.05) is 12.8 Å². The first-order chi connectivity index (χ1) is 9.04. The van der Waals surface area contributed by atoms with Crippen LogP contribution in [0, 0.1) is 0 Å². The maximum atomic E-state index is 12.4. The molecule has 0 spiro atoms. The largest absolute Gasteiger partial charge is 0.494 e. The molecule has 19 heavy (non-hydrogen) atoms. The number of nitrogen functional groups attached to an aromatic ring is 1. The maximum absolute atomic E-state index is 12.4. The van der Waals surface area contributed by atoms with Crippen LogP contribution in [0.3, 0.4) is 0 Å². The fourth-order valence-electron chi connectivity index (χ4n) is 1.78. The van der Waals surface area contributed by atoms with Gasteiger partial charge in [0, 0.05) is 10.6 Å². The van der Waals surface area contributed by atoms with Crippen molar-refractivity contribution in [3.63, 3.8) is 0 Å². The van der Waals surface area contributed by atoms with Gasteiger partial charge in [0.05, 0.1) is 23.4 Å². The van der Waals surface area contributed by atoms with Crippen LogP contribution in [0.1, 0.15) is 15.9 Å². The summed E-state index contributed by atoms with van der Waals surface area (Å²) in [7, 11) is 1.46. The highest BCUT2D eigenvalue weighted by Crippen LogP contribution is 2.30. The molecular weight excluding hydrogens is 285 g/mol. The molecule has 5 heteroatoms. The van der Waals surface area contributed by atoms with Gasteiger partial charge in [0.1, 0.15) is 0 Å². The van der Waals surface area contributed by atoms with Crippen molar-refractivity contribution in [1.29, 1.82) is 0 Å². The van der Waals surface area contributed by atoms with Crippen molar-refractivity contribution in [2.24, 2.45) is 0 Å². The average molecular weight is 296 g/mol. The van der Waals surface area contributed by atoms with Gasteiger partial charge in [0.15, 0.2) is 11.5 Å². The third-order valence-electron chi connectivity index (χ3n) is 2.67. The first-order valence-corrected chi connectivity index (χ1v) is 6.22. The topological polar surface area (TPSA) is 52.3 Å². The lowest BCUT2D eigenvalue weighted by molar-refractivity contribution is 0.103. The molecule has 2 N–H and O–H groups in total. The van der Waals surface area contributed by atoms with Crippen molar-refractivity contribution in [1.82, 2.24) is 0 Å². The summed E-state index contributed by atoms with van der Waals surface area (Å²) in [4.78, 5) is 12.4. The van der Waals surface area contributed by atoms with Gasteiger partial charge in [0.2, 0.25) is 0 Å². The summed E-state index contributed by atoms with van der Waals surface area (Å²) in [5.74, 6) is 0.0873. The minimum absolute atomic E-state index is 0.259. The second-order valence-electron chi connectivity index (χ2n) is 3.88. The quantitative estimate of drug-likeness (QED) is 0.692. The van der Waals surface area contributed by atoms with E-state index in [1.54, 1.807) is 30.3 Å².